The number of nitrogens with one attached hydrogen (secondary N) is 1. The summed E-state index contributed by atoms with van der Waals surface area (Å²) in [6, 6.07) is 14.7. The molecule has 6 nitrogen and oxygen atoms in total. The zero-order valence-electron chi connectivity index (χ0n) is 14.4. The van der Waals surface area contributed by atoms with E-state index in [0.717, 1.165) is 5.75 Å². The van der Waals surface area contributed by atoms with Gasteiger partial charge in [0.05, 0.1) is 19.3 Å². The lowest BCUT2D eigenvalue weighted by atomic mass is 10.2. The molecule has 0 spiro atoms. The topological polar surface area (TPSA) is 60.0 Å². The SMILES string of the molecule is CCN(C[C@H]1COc2ccccc2O1)C(=O)Nc1ccccc1OC. The molecular formula is C19H22N2O4. The lowest BCUT2D eigenvalue weighted by Gasteiger charge is -2.31. The predicted octanol–water partition coefficient (Wildman–Crippen LogP) is 3.39. The second kappa shape index (κ2) is 7.79. The summed E-state index contributed by atoms with van der Waals surface area (Å²) in [6.07, 6.45) is -0.210. The van der Waals surface area contributed by atoms with Gasteiger partial charge in [-0.2, -0.15) is 0 Å². The fraction of sp³-hybridized carbons (Fsp3) is 0.316. The van der Waals surface area contributed by atoms with Crippen LogP contribution in [0, 0.1) is 0 Å². The van der Waals surface area contributed by atoms with Crippen LogP contribution in [0.2, 0.25) is 0 Å². The maximum Gasteiger partial charge on any atom is 0.322 e. The molecule has 2 aromatic carbocycles. The molecule has 25 heavy (non-hydrogen) atoms. The fourth-order valence-electron chi connectivity index (χ4n) is 2.70. The molecule has 0 aromatic heterocycles. The maximum absolute atomic E-state index is 12.6. The number of carbonyl (C=O) groups is 1. The zero-order valence-corrected chi connectivity index (χ0v) is 14.4. The summed E-state index contributed by atoms with van der Waals surface area (Å²) in [7, 11) is 1.58. The molecule has 0 saturated heterocycles. The second-order valence-electron chi connectivity index (χ2n) is 5.67. The standard InChI is InChI=1S/C19H22N2O4/c1-3-21(19(22)20-15-8-4-5-9-16(15)23-2)12-14-13-24-17-10-6-7-11-18(17)25-14/h4-11,14H,3,12-13H2,1-2H3,(H,20,22)/t14-/m0/s1. The van der Waals surface area contributed by atoms with Gasteiger partial charge in [-0.25, -0.2) is 4.79 Å². The van der Waals surface area contributed by atoms with Crippen molar-refractivity contribution in [3.63, 3.8) is 0 Å². The van der Waals surface area contributed by atoms with Crippen molar-refractivity contribution >= 4 is 11.7 Å². The Morgan fingerprint density at radius 2 is 1.92 bits per heavy atom. The van der Waals surface area contributed by atoms with Gasteiger partial charge < -0.3 is 24.4 Å². The molecule has 1 heterocycles. The number of rotatable bonds is 5. The highest BCUT2D eigenvalue weighted by Crippen LogP contribution is 2.31. The van der Waals surface area contributed by atoms with Gasteiger partial charge in [0, 0.05) is 6.54 Å². The van der Waals surface area contributed by atoms with Crippen LogP contribution in [0.1, 0.15) is 6.92 Å². The normalized spacial score (nSPS) is 15.4. The smallest absolute Gasteiger partial charge is 0.322 e. The van der Waals surface area contributed by atoms with Crippen molar-refractivity contribution < 1.29 is 19.0 Å². The van der Waals surface area contributed by atoms with E-state index in [1.54, 1.807) is 24.1 Å². The van der Waals surface area contributed by atoms with E-state index in [1.807, 2.05) is 43.3 Å². The van der Waals surface area contributed by atoms with Crippen LogP contribution in [0.15, 0.2) is 48.5 Å². The molecule has 1 aliphatic heterocycles. The molecule has 0 bridgehead atoms. The number of hydrogen-bond donors (Lipinski definition) is 1. The van der Waals surface area contributed by atoms with E-state index in [1.165, 1.54) is 0 Å². The van der Waals surface area contributed by atoms with Crippen molar-refractivity contribution in [2.45, 2.75) is 13.0 Å². The van der Waals surface area contributed by atoms with Gasteiger partial charge in [-0.05, 0) is 31.2 Å². The van der Waals surface area contributed by atoms with Crippen LogP contribution in [-0.4, -0.2) is 43.8 Å². The average molecular weight is 342 g/mol. The van der Waals surface area contributed by atoms with Gasteiger partial charge in [-0.3, -0.25) is 0 Å². The van der Waals surface area contributed by atoms with Gasteiger partial charge in [0.1, 0.15) is 12.4 Å². The molecule has 1 N–H and O–H groups in total. The first-order valence-corrected chi connectivity index (χ1v) is 8.28. The van der Waals surface area contributed by atoms with Crippen LogP contribution < -0.4 is 19.5 Å². The number of nitrogens with zero attached hydrogens (tertiary/aromatic N) is 1. The lowest BCUT2D eigenvalue weighted by molar-refractivity contribution is 0.0693. The minimum Gasteiger partial charge on any atom is -0.495 e. The second-order valence-corrected chi connectivity index (χ2v) is 5.67. The van der Waals surface area contributed by atoms with Crippen LogP contribution >= 0.6 is 0 Å². The van der Waals surface area contributed by atoms with Crippen LogP contribution in [0.3, 0.4) is 0 Å². The minimum absolute atomic E-state index is 0.200. The molecular weight excluding hydrogens is 320 g/mol. The van der Waals surface area contributed by atoms with Gasteiger partial charge in [0.15, 0.2) is 17.6 Å². The third kappa shape index (κ3) is 3.96. The molecule has 1 aliphatic rings. The Kier molecular flexibility index (Phi) is 5.28. The van der Waals surface area contributed by atoms with E-state index in [0.29, 0.717) is 36.9 Å². The summed E-state index contributed by atoms with van der Waals surface area (Å²) in [5.41, 5.74) is 0.639. The Bertz CT molecular complexity index is 735. The minimum atomic E-state index is -0.210. The number of para-hydroxylation sites is 4. The molecule has 2 amide bonds. The maximum atomic E-state index is 12.6. The summed E-state index contributed by atoms with van der Waals surface area (Å²) in [6.45, 7) is 3.34. The van der Waals surface area contributed by atoms with Crippen LogP contribution in [0.5, 0.6) is 17.2 Å². The number of likely N-dealkylation sites (N-methyl/N-ethyl adjacent to an activating group) is 1. The summed E-state index contributed by atoms with van der Waals surface area (Å²) < 4.78 is 16.9. The van der Waals surface area contributed by atoms with Crippen molar-refractivity contribution in [2.75, 3.05) is 32.1 Å². The summed E-state index contributed by atoms with van der Waals surface area (Å²) in [5, 5.41) is 2.89. The van der Waals surface area contributed by atoms with Gasteiger partial charge in [-0.15, -0.1) is 0 Å². The first-order valence-electron chi connectivity index (χ1n) is 8.28. The van der Waals surface area contributed by atoms with Gasteiger partial charge in [-0.1, -0.05) is 24.3 Å². The van der Waals surface area contributed by atoms with Crippen molar-refractivity contribution in [3.05, 3.63) is 48.5 Å². The van der Waals surface area contributed by atoms with Crippen molar-refractivity contribution in [1.82, 2.24) is 4.90 Å². The highest BCUT2D eigenvalue weighted by atomic mass is 16.6. The third-order valence-corrected chi connectivity index (χ3v) is 4.01. The Morgan fingerprint density at radius 3 is 2.68 bits per heavy atom. The summed E-state index contributed by atoms with van der Waals surface area (Å²) >= 11 is 0. The Labute approximate surface area is 147 Å². The van der Waals surface area contributed by atoms with E-state index >= 15 is 0 Å². The number of fused-ring (bicyclic) bond motifs is 1. The fourth-order valence-corrected chi connectivity index (χ4v) is 2.70. The first kappa shape index (κ1) is 17.0. The molecule has 3 rings (SSSR count). The highest BCUT2D eigenvalue weighted by Gasteiger charge is 2.25. The molecule has 0 fully saturated rings. The number of carbonyl (C=O) groups excluding carboxylic acids is 1. The van der Waals surface area contributed by atoms with E-state index in [9.17, 15) is 4.79 Å². The van der Waals surface area contributed by atoms with Gasteiger partial charge in [0.2, 0.25) is 0 Å². The number of anilines is 1. The average Bonchev–Trinajstić information content (AvgIpc) is 2.66. The monoisotopic (exact) mass is 342 g/mol. The third-order valence-electron chi connectivity index (χ3n) is 4.01. The Balaban J connectivity index is 1.63. The van der Waals surface area contributed by atoms with Crippen molar-refractivity contribution in [1.29, 1.82) is 0 Å². The lowest BCUT2D eigenvalue weighted by Crippen LogP contribution is -2.45. The summed E-state index contributed by atoms with van der Waals surface area (Å²) in [4.78, 5) is 14.3. The molecule has 0 radical (unpaired) electrons. The molecule has 2 aromatic rings. The number of ether oxygens (including phenoxy) is 3. The number of hydrogen-bond acceptors (Lipinski definition) is 4. The number of methoxy groups -OCH3 is 1. The van der Waals surface area contributed by atoms with Crippen molar-refractivity contribution in [3.8, 4) is 17.2 Å². The molecule has 6 heteroatoms. The zero-order chi connectivity index (χ0) is 17.6. The van der Waals surface area contributed by atoms with Crippen LogP contribution in [0.4, 0.5) is 10.5 Å². The Morgan fingerprint density at radius 1 is 1.20 bits per heavy atom. The summed E-state index contributed by atoms with van der Waals surface area (Å²) in [5.74, 6) is 2.07. The molecule has 132 valence electrons. The first-order chi connectivity index (χ1) is 12.2. The van der Waals surface area contributed by atoms with Crippen LogP contribution in [0.25, 0.3) is 0 Å². The van der Waals surface area contributed by atoms with E-state index in [4.69, 9.17) is 14.2 Å². The number of amides is 2. The predicted molar refractivity (Wildman–Crippen MR) is 95.6 cm³/mol. The van der Waals surface area contributed by atoms with E-state index < -0.39 is 0 Å². The highest BCUT2D eigenvalue weighted by molar-refractivity contribution is 5.91. The van der Waals surface area contributed by atoms with E-state index in [2.05, 4.69) is 5.32 Å². The van der Waals surface area contributed by atoms with E-state index in [-0.39, 0.29) is 12.1 Å². The van der Waals surface area contributed by atoms with Gasteiger partial charge >= 0.3 is 6.03 Å². The van der Waals surface area contributed by atoms with Gasteiger partial charge in [0.25, 0.3) is 0 Å². The molecule has 0 aliphatic carbocycles. The Hall–Kier alpha value is -2.89. The quantitative estimate of drug-likeness (QED) is 0.905. The molecule has 0 unspecified atom stereocenters. The van der Waals surface area contributed by atoms with Crippen molar-refractivity contribution in [2.24, 2.45) is 0 Å². The largest absolute Gasteiger partial charge is 0.495 e. The van der Waals surface area contributed by atoms with Crippen LogP contribution in [-0.2, 0) is 0 Å². The number of urea groups is 1. The number of benzene rings is 2. The molecule has 0 saturated carbocycles. The molecule has 1 atom stereocenters.